The highest BCUT2D eigenvalue weighted by atomic mass is 16.5. The van der Waals surface area contributed by atoms with Gasteiger partial charge < -0.3 is 15.4 Å². The molecule has 2 N–H and O–H groups in total. The van der Waals surface area contributed by atoms with Gasteiger partial charge in [0.05, 0.1) is 18.9 Å². The summed E-state index contributed by atoms with van der Waals surface area (Å²) >= 11 is 0. The highest BCUT2D eigenvalue weighted by Gasteiger charge is 2.34. The molecule has 1 saturated heterocycles. The summed E-state index contributed by atoms with van der Waals surface area (Å²) in [6, 6.07) is 0. The molecule has 0 aromatic carbocycles. The molecule has 1 fully saturated rings. The maximum Gasteiger partial charge on any atom is 0.307 e. The number of methoxy groups -OCH3 is 1. The van der Waals surface area contributed by atoms with Gasteiger partial charge in [0.1, 0.15) is 0 Å². The Labute approximate surface area is 95.9 Å². The molecule has 5 heteroatoms. The van der Waals surface area contributed by atoms with E-state index in [-0.39, 0.29) is 23.7 Å². The van der Waals surface area contributed by atoms with Crippen molar-refractivity contribution in [2.75, 3.05) is 26.7 Å². The molecule has 0 aromatic heterocycles. The summed E-state index contributed by atoms with van der Waals surface area (Å²) < 4.78 is 4.50. The standard InChI is InChI=1S/C11H20N2O3/c1-11(5-3-6-12-8-11)10(15)13-7-4-9(14)16-2/h12H,3-8H2,1-2H3,(H,13,15). The van der Waals surface area contributed by atoms with Crippen LogP contribution in [0.2, 0.25) is 0 Å². The minimum absolute atomic E-state index is 0.0172. The third kappa shape index (κ3) is 3.48. The average Bonchev–Trinajstić information content (AvgIpc) is 2.29. The van der Waals surface area contributed by atoms with E-state index in [9.17, 15) is 9.59 Å². The quantitative estimate of drug-likeness (QED) is 0.667. The molecule has 0 aliphatic carbocycles. The zero-order chi connectivity index (χ0) is 12.0. The monoisotopic (exact) mass is 228 g/mol. The van der Waals surface area contributed by atoms with Gasteiger partial charge in [-0.3, -0.25) is 9.59 Å². The highest BCUT2D eigenvalue weighted by molar-refractivity contribution is 5.83. The first-order chi connectivity index (χ1) is 7.58. The van der Waals surface area contributed by atoms with Crippen LogP contribution in [0, 0.1) is 5.41 Å². The molecular formula is C11H20N2O3. The van der Waals surface area contributed by atoms with Crippen molar-refractivity contribution in [3.63, 3.8) is 0 Å². The summed E-state index contributed by atoms with van der Waals surface area (Å²) in [5, 5.41) is 5.99. The van der Waals surface area contributed by atoms with Crippen LogP contribution in [-0.4, -0.2) is 38.6 Å². The molecule has 1 unspecified atom stereocenters. The zero-order valence-electron chi connectivity index (χ0n) is 9.97. The fourth-order valence-electron chi connectivity index (χ4n) is 1.84. The smallest absolute Gasteiger partial charge is 0.307 e. The summed E-state index contributed by atoms with van der Waals surface area (Å²) in [5.41, 5.74) is -0.339. The number of hydrogen-bond donors (Lipinski definition) is 2. The predicted octanol–water partition coefficient (Wildman–Crippen LogP) is 0.0554. The number of hydrogen-bond acceptors (Lipinski definition) is 4. The van der Waals surface area contributed by atoms with Gasteiger partial charge in [0.15, 0.2) is 0 Å². The minimum atomic E-state index is -0.339. The number of piperidine rings is 1. The second-order valence-electron chi connectivity index (χ2n) is 4.42. The van der Waals surface area contributed by atoms with Crippen molar-refractivity contribution in [3.8, 4) is 0 Å². The maximum atomic E-state index is 11.9. The molecule has 1 aliphatic heterocycles. The van der Waals surface area contributed by atoms with Gasteiger partial charge in [-0.25, -0.2) is 0 Å². The molecule has 1 amide bonds. The first-order valence-corrected chi connectivity index (χ1v) is 5.64. The van der Waals surface area contributed by atoms with Crippen molar-refractivity contribution in [2.24, 2.45) is 5.41 Å². The summed E-state index contributed by atoms with van der Waals surface area (Å²) in [7, 11) is 1.34. The second-order valence-corrected chi connectivity index (χ2v) is 4.42. The van der Waals surface area contributed by atoms with Crippen molar-refractivity contribution in [1.29, 1.82) is 0 Å². The largest absolute Gasteiger partial charge is 0.469 e. The van der Waals surface area contributed by atoms with E-state index in [4.69, 9.17) is 0 Å². The fraction of sp³-hybridized carbons (Fsp3) is 0.818. The lowest BCUT2D eigenvalue weighted by molar-refractivity contribution is -0.140. The van der Waals surface area contributed by atoms with Crippen molar-refractivity contribution in [3.05, 3.63) is 0 Å². The maximum absolute atomic E-state index is 11.9. The number of ether oxygens (including phenoxy) is 1. The first-order valence-electron chi connectivity index (χ1n) is 5.64. The van der Waals surface area contributed by atoms with Crippen LogP contribution in [0.1, 0.15) is 26.2 Å². The average molecular weight is 228 g/mol. The van der Waals surface area contributed by atoms with Crippen LogP contribution in [0.4, 0.5) is 0 Å². The molecule has 0 radical (unpaired) electrons. The number of amides is 1. The number of nitrogens with one attached hydrogen (secondary N) is 2. The lowest BCUT2D eigenvalue weighted by Crippen LogP contribution is -2.49. The summed E-state index contributed by atoms with van der Waals surface area (Å²) in [5.74, 6) is -0.282. The van der Waals surface area contributed by atoms with Gasteiger partial charge in [0, 0.05) is 13.1 Å². The van der Waals surface area contributed by atoms with Gasteiger partial charge >= 0.3 is 5.97 Å². The van der Waals surface area contributed by atoms with Crippen molar-refractivity contribution >= 4 is 11.9 Å². The molecule has 16 heavy (non-hydrogen) atoms. The van der Waals surface area contributed by atoms with Gasteiger partial charge in [-0.2, -0.15) is 0 Å². The Bertz CT molecular complexity index is 260. The normalized spacial score (nSPS) is 24.9. The SMILES string of the molecule is COC(=O)CCNC(=O)C1(C)CCCNC1. The van der Waals surface area contributed by atoms with Crippen LogP contribution in [0.3, 0.4) is 0 Å². The molecule has 92 valence electrons. The molecule has 1 aliphatic rings. The number of carbonyl (C=O) groups is 2. The van der Waals surface area contributed by atoms with Gasteiger partial charge in [0.25, 0.3) is 0 Å². The lowest BCUT2D eigenvalue weighted by atomic mass is 9.82. The Hall–Kier alpha value is -1.10. The van der Waals surface area contributed by atoms with Gasteiger partial charge in [-0.05, 0) is 26.3 Å². The molecule has 0 saturated carbocycles. The predicted molar refractivity (Wildman–Crippen MR) is 59.9 cm³/mol. The Kier molecular flexibility index (Phi) is 4.73. The van der Waals surface area contributed by atoms with Crippen LogP contribution >= 0.6 is 0 Å². The van der Waals surface area contributed by atoms with Gasteiger partial charge in [0.2, 0.25) is 5.91 Å². The molecule has 0 bridgehead atoms. The van der Waals surface area contributed by atoms with Crippen LogP contribution in [0.25, 0.3) is 0 Å². The zero-order valence-corrected chi connectivity index (χ0v) is 9.97. The highest BCUT2D eigenvalue weighted by Crippen LogP contribution is 2.25. The summed E-state index contributed by atoms with van der Waals surface area (Å²) in [6.07, 6.45) is 2.14. The molecule has 5 nitrogen and oxygen atoms in total. The topological polar surface area (TPSA) is 67.4 Å². The third-order valence-electron chi connectivity index (χ3n) is 2.99. The Morgan fingerprint density at radius 1 is 1.50 bits per heavy atom. The van der Waals surface area contributed by atoms with Crippen molar-refractivity contribution in [1.82, 2.24) is 10.6 Å². The third-order valence-corrected chi connectivity index (χ3v) is 2.99. The fourth-order valence-corrected chi connectivity index (χ4v) is 1.84. The van der Waals surface area contributed by atoms with E-state index in [0.717, 1.165) is 19.4 Å². The summed E-state index contributed by atoms with van der Waals surface area (Å²) in [6.45, 7) is 3.98. The first kappa shape index (κ1) is 13.0. The molecule has 0 aromatic rings. The van der Waals surface area contributed by atoms with Gasteiger partial charge in [-0.1, -0.05) is 0 Å². The van der Waals surface area contributed by atoms with Crippen LogP contribution in [0.15, 0.2) is 0 Å². The van der Waals surface area contributed by atoms with E-state index in [1.54, 1.807) is 0 Å². The number of rotatable bonds is 4. The molecular weight excluding hydrogens is 208 g/mol. The molecule has 0 spiro atoms. The van der Waals surface area contributed by atoms with Gasteiger partial charge in [-0.15, -0.1) is 0 Å². The van der Waals surface area contributed by atoms with Crippen molar-refractivity contribution < 1.29 is 14.3 Å². The van der Waals surface area contributed by atoms with E-state index in [0.29, 0.717) is 13.1 Å². The molecule has 1 heterocycles. The Balaban J connectivity index is 2.31. The van der Waals surface area contributed by atoms with E-state index in [1.807, 2.05) is 6.92 Å². The Morgan fingerprint density at radius 2 is 2.25 bits per heavy atom. The second kappa shape index (κ2) is 5.84. The van der Waals surface area contributed by atoms with E-state index in [2.05, 4.69) is 15.4 Å². The Morgan fingerprint density at radius 3 is 2.81 bits per heavy atom. The van der Waals surface area contributed by atoms with E-state index in [1.165, 1.54) is 7.11 Å². The number of esters is 1. The number of carbonyl (C=O) groups excluding carboxylic acids is 2. The molecule has 1 atom stereocenters. The van der Waals surface area contributed by atoms with Crippen LogP contribution in [0.5, 0.6) is 0 Å². The van der Waals surface area contributed by atoms with Crippen LogP contribution < -0.4 is 10.6 Å². The van der Waals surface area contributed by atoms with E-state index < -0.39 is 0 Å². The molecule has 1 rings (SSSR count). The summed E-state index contributed by atoms with van der Waals surface area (Å²) in [4.78, 5) is 22.7. The lowest BCUT2D eigenvalue weighted by Gasteiger charge is -2.32. The van der Waals surface area contributed by atoms with Crippen molar-refractivity contribution in [2.45, 2.75) is 26.2 Å². The minimum Gasteiger partial charge on any atom is -0.469 e. The van der Waals surface area contributed by atoms with E-state index >= 15 is 0 Å². The van der Waals surface area contributed by atoms with Crippen LogP contribution in [-0.2, 0) is 14.3 Å².